The van der Waals surface area contributed by atoms with Gasteiger partial charge in [-0.15, -0.1) is 22.7 Å². The minimum Gasteiger partial charge on any atom is -0.497 e. The monoisotopic (exact) mass is 782 g/mol. The molecule has 0 spiro atoms. The molecule has 3 aromatic rings. The normalized spacial score (nSPS) is 15.7. The summed E-state index contributed by atoms with van der Waals surface area (Å²) in [6, 6.07) is 7.35. The molecule has 1 aliphatic carbocycles. The van der Waals surface area contributed by atoms with E-state index in [9.17, 15) is 24.0 Å². The molecule has 2 aliphatic rings. The van der Waals surface area contributed by atoms with Gasteiger partial charge in [0.1, 0.15) is 17.1 Å². The van der Waals surface area contributed by atoms with Crippen LogP contribution in [0, 0.1) is 19.8 Å². The van der Waals surface area contributed by atoms with E-state index in [-0.39, 0.29) is 24.7 Å². The Morgan fingerprint density at radius 3 is 2.22 bits per heavy atom. The van der Waals surface area contributed by atoms with Gasteiger partial charge in [-0.25, -0.2) is 9.97 Å². The molecule has 2 aromatic heterocycles. The fourth-order valence-corrected chi connectivity index (χ4v) is 6.60. The molecule has 5 rings (SSSR count). The van der Waals surface area contributed by atoms with Crippen molar-refractivity contribution in [1.29, 1.82) is 0 Å². The number of ketones is 2. The van der Waals surface area contributed by atoms with E-state index in [2.05, 4.69) is 54.4 Å². The van der Waals surface area contributed by atoms with Crippen LogP contribution in [-0.2, 0) is 48.0 Å². The number of carbonyl (C=O) groups excluding carboxylic acids is 4. The largest absolute Gasteiger partial charge is 0.497 e. The van der Waals surface area contributed by atoms with Crippen LogP contribution in [0.2, 0.25) is 0 Å². The van der Waals surface area contributed by atoms with Gasteiger partial charge in [-0.05, 0) is 64.5 Å². The van der Waals surface area contributed by atoms with E-state index in [0.717, 1.165) is 50.4 Å². The van der Waals surface area contributed by atoms with Crippen molar-refractivity contribution in [2.24, 2.45) is 5.92 Å². The van der Waals surface area contributed by atoms with Crippen LogP contribution in [0.5, 0.6) is 5.75 Å². The van der Waals surface area contributed by atoms with Crippen molar-refractivity contribution in [2.75, 3.05) is 20.3 Å². The Hall–Kier alpha value is -4.53. The molecule has 14 heteroatoms. The molecule has 2 amide bonds. The molecule has 54 heavy (non-hydrogen) atoms. The summed E-state index contributed by atoms with van der Waals surface area (Å²) in [5, 5.41) is 15.4. The molecule has 294 valence electrons. The Balaban J connectivity index is 0.000000265. The van der Waals surface area contributed by atoms with E-state index in [1.165, 1.54) is 16.9 Å². The van der Waals surface area contributed by atoms with Crippen LogP contribution in [0.25, 0.3) is 0 Å². The van der Waals surface area contributed by atoms with Crippen LogP contribution in [0.4, 0.5) is 0 Å². The number of aliphatic carboxylic acids is 1. The number of allylic oxidation sites excluding steroid dienone is 3. The van der Waals surface area contributed by atoms with Gasteiger partial charge >= 0.3 is 5.97 Å². The Kier molecular flexibility index (Phi) is 20.3. The second-order valence-corrected chi connectivity index (χ2v) is 15.8. The molecule has 1 fully saturated rings. The SMILES string of the molecule is CCc1ncc(CC(=O)CC(C)C)s1.COc1ccc(C)cc1.C[C@]1(C(=O)C(CC2=CC=CCC2)NC(=O)CNC=O)CO1.Cc1ncc(CC(=O)O)s1. The van der Waals surface area contributed by atoms with E-state index < -0.39 is 17.6 Å². The fourth-order valence-electron chi connectivity index (χ4n) is 4.92. The first-order chi connectivity index (χ1) is 25.7. The quantitative estimate of drug-likeness (QED) is 0.112. The van der Waals surface area contributed by atoms with Gasteiger partial charge in [0.2, 0.25) is 12.3 Å². The number of nitrogens with one attached hydrogen (secondary N) is 2. The molecule has 3 heterocycles. The molecule has 0 radical (unpaired) electrons. The summed E-state index contributed by atoms with van der Waals surface area (Å²) in [5.74, 6) is 0.408. The Morgan fingerprint density at radius 1 is 1.06 bits per heavy atom. The highest BCUT2D eigenvalue weighted by Crippen LogP contribution is 2.30. The number of nitrogens with zero attached hydrogens (tertiary/aromatic N) is 2. The van der Waals surface area contributed by atoms with E-state index in [4.69, 9.17) is 14.6 Å². The third-order valence-corrected chi connectivity index (χ3v) is 9.88. The second-order valence-electron chi connectivity index (χ2n) is 13.3. The zero-order valence-electron chi connectivity index (χ0n) is 32.3. The van der Waals surface area contributed by atoms with Gasteiger partial charge in [0.15, 0.2) is 5.78 Å². The first-order valence-corrected chi connectivity index (χ1v) is 19.5. The number of benzene rings is 1. The lowest BCUT2D eigenvalue weighted by Gasteiger charge is -2.21. The summed E-state index contributed by atoms with van der Waals surface area (Å²) in [6.07, 6.45) is 14.5. The number of rotatable bonds is 16. The number of carbonyl (C=O) groups is 5. The van der Waals surface area contributed by atoms with Crippen molar-refractivity contribution < 1.29 is 38.6 Å². The van der Waals surface area contributed by atoms with Crippen molar-refractivity contribution in [2.45, 2.75) is 98.1 Å². The number of aromatic nitrogens is 2. The van der Waals surface area contributed by atoms with Gasteiger partial charge in [0.05, 0.1) is 42.7 Å². The maximum atomic E-state index is 12.4. The summed E-state index contributed by atoms with van der Waals surface area (Å²) < 4.78 is 10.2. The molecule has 12 nitrogen and oxygen atoms in total. The third kappa shape index (κ3) is 18.5. The Bertz CT molecular complexity index is 1710. The van der Waals surface area contributed by atoms with Crippen LogP contribution in [-0.4, -0.2) is 76.8 Å². The number of thiazole rings is 2. The average molecular weight is 783 g/mol. The summed E-state index contributed by atoms with van der Waals surface area (Å²) in [4.78, 5) is 66.1. The Morgan fingerprint density at radius 2 is 1.72 bits per heavy atom. The highest BCUT2D eigenvalue weighted by molar-refractivity contribution is 7.11. The van der Waals surface area contributed by atoms with Gasteiger partial charge in [-0.2, -0.15) is 0 Å². The molecule has 0 bridgehead atoms. The number of ether oxygens (including phenoxy) is 2. The van der Waals surface area contributed by atoms with Crippen molar-refractivity contribution >= 4 is 52.5 Å². The lowest BCUT2D eigenvalue weighted by molar-refractivity contribution is -0.136. The number of amides is 2. The zero-order chi connectivity index (χ0) is 40.1. The fraction of sp³-hybridized carbons (Fsp3) is 0.475. The summed E-state index contributed by atoms with van der Waals surface area (Å²) >= 11 is 3.08. The molecule has 3 N–H and O–H groups in total. The van der Waals surface area contributed by atoms with E-state index in [0.29, 0.717) is 44.0 Å². The number of carboxylic acid groups (broad SMARTS) is 1. The van der Waals surface area contributed by atoms with Crippen molar-refractivity contribution in [3.63, 3.8) is 0 Å². The first-order valence-electron chi connectivity index (χ1n) is 17.9. The number of Topliss-reactive ketones (excluding diaryl/α,β-unsaturated/α-hetero) is 2. The Labute approximate surface area is 326 Å². The second kappa shape index (κ2) is 24.0. The molecule has 1 unspecified atom stereocenters. The average Bonchev–Trinajstić information content (AvgIpc) is 3.50. The lowest BCUT2D eigenvalue weighted by Crippen LogP contribution is -2.48. The summed E-state index contributed by atoms with van der Waals surface area (Å²) in [5.41, 5.74) is 1.61. The predicted octanol–water partition coefficient (Wildman–Crippen LogP) is 6.19. The van der Waals surface area contributed by atoms with Gasteiger partial charge in [-0.3, -0.25) is 24.0 Å². The highest BCUT2D eigenvalue weighted by atomic mass is 32.1. The van der Waals surface area contributed by atoms with Gasteiger partial charge in [0.25, 0.3) is 0 Å². The van der Waals surface area contributed by atoms with Crippen molar-refractivity contribution in [1.82, 2.24) is 20.6 Å². The third-order valence-electron chi connectivity index (χ3n) is 7.83. The summed E-state index contributed by atoms with van der Waals surface area (Å²) in [6.45, 7) is 12.1. The van der Waals surface area contributed by atoms with Crippen LogP contribution in [0.1, 0.15) is 78.7 Å². The number of epoxide rings is 1. The van der Waals surface area contributed by atoms with Crippen molar-refractivity contribution in [3.8, 4) is 5.75 Å². The number of methoxy groups -OCH3 is 1. The van der Waals surface area contributed by atoms with Crippen LogP contribution < -0.4 is 15.4 Å². The topological polar surface area (TPSA) is 177 Å². The smallest absolute Gasteiger partial charge is 0.308 e. The van der Waals surface area contributed by atoms with Gasteiger partial charge in [-0.1, -0.05) is 62.3 Å². The highest BCUT2D eigenvalue weighted by Gasteiger charge is 2.50. The van der Waals surface area contributed by atoms with Crippen LogP contribution >= 0.6 is 22.7 Å². The zero-order valence-corrected chi connectivity index (χ0v) is 33.9. The molecule has 0 saturated carbocycles. The van der Waals surface area contributed by atoms with E-state index in [1.54, 1.807) is 31.6 Å². The number of aryl methyl sites for hydroxylation is 3. The molecule has 1 saturated heterocycles. The molecular formula is C40H54N4O8S2. The maximum absolute atomic E-state index is 12.4. The number of carboxylic acids is 1. The maximum Gasteiger partial charge on any atom is 0.308 e. The molecule has 1 aromatic carbocycles. The van der Waals surface area contributed by atoms with Crippen LogP contribution in [0.15, 0.2) is 60.5 Å². The lowest BCUT2D eigenvalue weighted by atomic mass is 9.91. The van der Waals surface area contributed by atoms with E-state index in [1.807, 2.05) is 49.5 Å². The predicted molar refractivity (Wildman–Crippen MR) is 212 cm³/mol. The molecular weight excluding hydrogens is 729 g/mol. The van der Waals surface area contributed by atoms with Gasteiger partial charge in [0, 0.05) is 35.0 Å². The van der Waals surface area contributed by atoms with Gasteiger partial charge < -0.3 is 25.2 Å². The first kappa shape index (κ1) is 45.6. The molecule has 2 atom stereocenters. The minimum atomic E-state index is -0.802. The molecule has 1 aliphatic heterocycles. The minimum absolute atomic E-state index is 0.0888. The standard InChI is InChI=1S/C15H20N2O4.C11H17NOS.C8H10O.C6H7NO2S/c1-15(9-21-15)14(20)12(17-13(19)8-16-10-18)7-11-5-3-2-4-6-11;1-4-11-12-7-10(14-11)6-9(13)5-8(2)3;1-7-3-5-8(9-2)6-4-7;1-4-7-3-5(10-4)2-6(8)9/h2-3,5,10,12H,4,6-9H2,1H3,(H,16,18)(H,17,19);7-8H,4-6H2,1-3H3;3-6H,1-2H3;3H,2H2,1H3,(H,8,9)/t12?,15-;;;/m1.../s1. The number of hydrogen-bond donors (Lipinski definition) is 3. The summed E-state index contributed by atoms with van der Waals surface area (Å²) in [7, 11) is 1.67. The van der Waals surface area contributed by atoms with Crippen molar-refractivity contribution in [3.05, 3.63) is 85.8 Å². The van der Waals surface area contributed by atoms with Crippen LogP contribution in [0.3, 0.4) is 0 Å². The number of hydrogen-bond acceptors (Lipinski definition) is 11. The van der Waals surface area contributed by atoms with E-state index >= 15 is 0 Å².